The Labute approximate surface area is 85.0 Å². The van der Waals surface area contributed by atoms with E-state index in [1.807, 2.05) is 0 Å². The summed E-state index contributed by atoms with van der Waals surface area (Å²) >= 11 is 0. The lowest BCUT2D eigenvalue weighted by molar-refractivity contribution is -0.139. The quantitative estimate of drug-likeness (QED) is 0.472. The number of rotatable bonds is 5. The van der Waals surface area contributed by atoms with Crippen LogP contribution in [0, 0.1) is 0 Å². The number of carboxylic acids is 1. The van der Waals surface area contributed by atoms with Gasteiger partial charge < -0.3 is 15.2 Å². The number of imidazole rings is 1. The van der Waals surface area contributed by atoms with Crippen molar-refractivity contribution in [3.8, 4) is 0 Å². The van der Waals surface area contributed by atoms with E-state index in [1.165, 1.54) is 0 Å². The largest absolute Gasteiger partial charge is 0.480 e. The molecule has 0 saturated carbocycles. The number of aromatic nitrogens is 2. The molecule has 9 heteroatoms. The third kappa shape index (κ3) is 2.75. The lowest BCUT2D eigenvalue weighted by Crippen LogP contribution is -2.43. The van der Waals surface area contributed by atoms with Gasteiger partial charge in [-0.3, -0.25) is 4.79 Å². The van der Waals surface area contributed by atoms with Crippen molar-refractivity contribution in [1.82, 2.24) is 14.7 Å². The van der Waals surface area contributed by atoms with Gasteiger partial charge in [-0.2, -0.15) is 4.72 Å². The van der Waals surface area contributed by atoms with Gasteiger partial charge in [-0.05, 0) is 0 Å². The highest BCUT2D eigenvalue weighted by atomic mass is 32.2. The second kappa shape index (κ2) is 4.38. The molecule has 0 radical (unpaired) electrons. The summed E-state index contributed by atoms with van der Waals surface area (Å²) in [6.45, 7) is -0.831. The van der Waals surface area contributed by atoms with Gasteiger partial charge in [-0.15, -0.1) is 0 Å². The maximum absolute atomic E-state index is 11.4. The lowest BCUT2D eigenvalue weighted by Gasteiger charge is -2.10. The Kier molecular flexibility index (Phi) is 3.39. The number of carbonyl (C=O) groups is 1. The molecule has 8 nitrogen and oxygen atoms in total. The molecule has 84 valence electrons. The normalized spacial score (nSPS) is 13.7. The second-order valence-corrected chi connectivity index (χ2v) is 4.29. The minimum Gasteiger partial charge on any atom is -0.480 e. The van der Waals surface area contributed by atoms with E-state index in [9.17, 15) is 13.2 Å². The number of aliphatic hydroxyl groups is 1. The van der Waals surface area contributed by atoms with E-state index in [-0.39, 0.29) is 5.03 Å². The Bertz CT molecular complexity index is 426. The lowest BCUT2D eigenvalue weighted by atomic mass is 10.3. The number of carboxylic acid groups (broad SMARTS) is 1. The number of hydrogen-bond donors (Lipinski definition) is 4. The van der Waals surface area contributed by atoms with Gasteiger partial charge in [0.05, 0.1) is 19.1 Å². The van der Waals surface area contributed by atoms with Crippen molar-refractivity contribution in [3.63, 3.8) is 0 Å². The van der Waals surface area contributed by atoms with Crippen molar-refractivity contribution in [3.05, 3.63) is 12.5 Å². The third-order valence-corrected chi connectivity index (χ3v) is 2.94. The molecule has 0 saturated heterocycles. The molecular formula is C6H9N3O5S. The summed E-state index contributed by atoms with van der Waals surface area (Å²) in [6, 6.07) is -1.57. The smallest absolute Gasteiger partial charge is 0.324 e. The first-order valence-corrected chi connectivity index (χ1v) is 5.30. The van der Waals surface area contributed by atoms with Crippen LogP contribution in [0.2, 0.25) is 0 Å². The van der Waals surface area contributed by atoms with E-state index in [2.05, 4.69) is 9.97 Å². The summed E-state index contributed by atoms with van der Waals surface area (Å²) in [7, 11) is -3.98. The number of aromatic amines is 1. The van der Waals surface area contributed by atoms with Gasteiger partial charge in [-0.25, -0.2) is 13.4 Å². The molecule has 0 bridgehead atoms. The van der Waals surface area contributed by atoms with Crippen LogP contribution in [0.3, 0.4) is 0 Å². The molecule has 0 unspecified atom stereocenters. The van der Waals surface area contributed by atoms with E-state index in [4.69, 9.17) is 10.2 Å². The highest BCUT2D eigenvalue weighted by molar-refractivity contribution is 7.89. The summed E-state index contributed by atoms with van der Waals surface area (Å²) in [6.07, 6.45) is 2.17. The summed E-state index contributed by atoms with van der Waals surface area (Å²) in [5.74, 6) is -1.46. The Hall–Kier alpha value is -1.45. The molecule has 1 atom stereocenters. The van der Waals surface area contributed by atoms with Crippen LogP contribution in [0.5, 0.6) is 0 Å². The zero-order valence-electron chi connectivity index (χ0n) is 7.41. The Balaban J connectivity index is 2.86. The maximum atomic E-state index is 11.4. The maximum Gasteiger partial charge on any atom is 0.324 e. The molecule has 0 amide bonds. The number of nitrogens with zero attached hydrogens (tertiary/aromatic N) is 1. The number of H-pyrrole nitrogens is 1. The van der Waals surface area contributed by atoms with E-state index >= 15 is 0 Å². The van der Waals surface area contributed by atoms with Crippen LogP contribution in [0.25, 0.3) is 0 Å². The van der Waals surface area contributed by atoms with Gasteiger partial charge in [0.1, 0.15) is 6.04 Å². The fourth-order valence-electron chi connectivity index (χ4n) is 0.807. The summed E-state index contributed by atoms with van der Waals surface area (Å²) in [5.41, 5.74) is 0. The van der Waals surface area contributed by atoms with Crippen molar-refractivity contribution in [2.24, 2.45) is 0 Å². The van der Waals surface area contributed by atoms with Crippen molar-refractivity contribution >= 4 is 16.0 Å². The van der Waals surface area contributed by atoms with Crippen LogP contribution in [-0.2, 0) is 14.8 Å². The molecule has 1 heterocycles. The van der Waals surface area contributed by atoms with E-state index in [0.717, 1.165) is 12.5 Å². The highest BCUT2D eigenvalue weighted by Crippen LogP contribution is 2.03. The average Bonchev–Trinajstić information content (AvgIpc) is 2.67. The molecular weight excluding hydrogens is 226 g/mol. The molecule has 1 aromatic rings. The molecule has 1 aromatic heterocycles. The Morgan fingerprint density at radius 3 is 2.73 bits per heavy atom. The molecule has 0 fully saturated rings. The standard InChI is InChI=1S/C6H9N3O5S/c10-2-4(6(11)12)9-15(13,14)5-1-7-3-8-5/h1,3-4,9-10H,2H2,(H,7,8)(H,11,12)/t4-/m1/s1. The number of aliphatic hydroxyl groups excluding tert-OH is 1. The van der Waals surface area contributed by atoms with Crippen LogP contribution in [0.1, 0.15) is 0 Å². The zero-order chi connectivity index (χ0) is 11.5. The number of nitrogens with one attached hydrogen (secondary N) is 2. The van der Waals surface area contributed by atoms with Crippen LogP contribution in [0.4, 0.5) is 0 Å². The first-order valence-electron chi connectivity index (χ1n) is 3.81. The molecule has 0 aliphatic rings. The fraction of sp³-hybridized carbons (Fsp3) is 0.333. The third-order valence-electron chi connectivity index (χ3n) is 1.54. The van der Waals surface area contributed by atoms with Crippen LogP contribution < -0.4 is 4.72 Å². The minimum absolute atomic E-state index is 0.262. The highest BCUT2D eigenvalue weighted by Gasteiger charge is 2.25. The average molecular weight is 235 g/mol. The van der Waals surface area contributed by atoms with Crippen LogP contribution >= 0.6 is 0 Å². The van der Waals surface area contributed by atoms with E-state index in [0.29, 0.717) is 0 Å². The first-order chi connectivity index (χ1) is 6.97. The van der Waals surface area contributed by atoms with Crippen molar-refractivity contribution in [2.45, 2.75) is 11.1 Å². The molecule has 0 spiro atoms. The van der Waals surface area contributed by atoms with Crippen molar-refractivity contribution in [2.75, 3.05) is 6.61 Å². The van der Waals surface area contributed by atoms with Gasteiger partial charge in [0.25, 0.3) is 10.0 Å². The second-order valence-electron chi connectivity index (χ2n) is 2.61. The summed E-state index contributed by atoms with van der Waals surface area (Å²) < 4.78 is 24.6. The predicted octanol–water partition coefficient (Wildman–Crippen LogP) is -1.87. The van der Waals surface area contributed by atoms with Gasteiger partial charge >= 0.3 is 5.97 Å². The van der Waals surface area contributed by atoms with E-state index < -0.39 is 28.6 Å². The monoisotopic (exact) mass is 235 g/mol. The number of sulfonamides is 1. The Morgan fingerprint density at radius 2 is 2.33 bits per heavy atom. The summed E-state index contributed by atoms with van der Waals surface area (Å²) in [5, 5.41) is 16.9. The van der Waals surface area contributed by atoms with Gasteiger partial charge in [0.2, 0.25) is 0 Å². The predicted molar refractivity (Wildman–Crippen MR) is 47.4 cm³/mol. The van der Waals surface area contributed by atoms with Crippen molar-refractivity contribution < 1.29 is 23.4 Å². The van der Waals surface area contributed by atoms with Crippen LogP contribution in [0.15, 0.2) is 17.6 Å². The molecule has 4 N–H and O–H groups in total. The zero-order valence-corrected chi connectivity index (χ0v) is 8.23. The molecule has 1 rings (SSSR count). The molecule has 0 aliphatic heterocycles. The summed E-state index contributed by atoms with van der Waals surface area (Å²) in [4.78, 5) is 16.3. The minimum atomic E-state index is -3.98. The van der Waals surface area contributed by atoms with Crippen molar-refractivity contribution in [1.29, 1.82) is 0 Å². The molecule has 15 heavy (non-hydrogen) atoms. The fourth-order valence-corrected chi connectivity index (χ4v) is 1.89. The molecule has 0 aromatic carbocycles. The number of aliphatic carboxylic acids is 1. The van der Waals surface area contributed by atoms with Gasteiger partial charge in [0, 0.05) is 0 Å². The van der Waals surface area contributed by atoms with Gasteiger partial charge in [-0.1, -0.05) is 0 Å². The topological polar surface area (TPSA) is 132 Å². The number of hydrogen-bond acceptors (Lipinski definition) is 5. The van der Waals surface area contributed by atoms with Crippen LogP contribution in [-0.4, -0.2) is 47.2 Å². The molecule has 0 aliphatic carbocycles. The van der Waals surface area contributed by atoms with E-state index in [1.54, 1.807) is 4.72 Å². The Morgan fingerprint density at radius 1 is 1.67 bits per heavy atom. The van der Waals surface area contributed by atoms with Gasteiger partial charge in [0.15, 0.2) is 5.03 Å². The SMILES string of the molecule is O=C(O)[C@@H](CO)NS(=O)(=O)c1cnc[nH]1. The first kappa shape index (κ1) is 11.6.